The molecule has 2 N–H and O–H groups in total. The molecule has 7 aromatic rings. The SMILES string of the molecule is CN(Cc1cccc2[nH]ncc12)/N=C\c1c(C=O)n(C)c2nc(C(c3cccc4[nH]ncc34)S(=O)(=O)c3ccccc3)sc12. The quantitative estimate of drug-likeness (QED) is 0.128. The molecule has 0 bridgehead atoms. The van der Waals surface area contributed by atoms with Gasteiger partial charge in [-0.15, -0.1) is 11.3 Å². The van der Waals surface area contributed by atoms with Gasteiger partial charge in [0.05, 0.1) is 51.5 Å². The van der Waals surface area contributed by atoms with Gasteiger partial charge in [-0.05, 0) is 35.4 Å². The van der Waals surface area contributed by atoms with Gasteiger partial charge in [0, 0.05) is 30.4 Å². The Bertz CT molecular complexity index is 2300. The summed E-state index contributed by atoms with van der Waals surface area (Å²) in [6.45, 7) is 0.514. The summed E-state index contributed by atoms with van der Waals surface area (Å²) < 4.78 is 30.9. The number of aryl methyl sites for hydroxylation is 1. The maximum absolute atomic E-state index is 14.3. The number of hydrogen-bond acceptors (Lipinski definition) is 9. The van der Waals surface area contributed by atoms with Crippen LogP contribution in [0.2, 0.25) is 0 Å². The van der Waals surface area contributed by atoms with Gasteiger partial charge in [0.2, 0.25) is 0 Å². The largest absolute Gasteiger partial charge is 0.325 e. The molecule has 0 aliphatic rings. The van der Waals surface area contributed by atoms with E-state index in [4.69, 9.17) is 4.98 Å². The molecule has 220 valence electrons. The van der Waals surface area contributed by atoms with Gasteiger partial charge in [0.15, 0.2) is 21.8 Å². The second-order valence-corrected chi connectivity index (χ2v) is 13.5. The van der Waals surface area contributed by atoms with E-state index in [1.54, 1.807) is 77.7 Å². The van der Waals surface area contributed by atoms with Crippen molar-refractivity contribution in [3.63, 3.8) is 0 Å². The van der Waals surface area contributed by atoms with Crippen molar-refractivity contribution >= 4 is 65.8 Å². The Morgan fingerprint density at radius 3 is 2.43 bits per heavy atom. The third-order valence-electron chi connectivity index (χ3n) is 7.70. The fourth-order valence-electron chi connectivity index (χ4n) is 5.53. The first-order chi connectivity index (χ1) is 21.4. The van der Waals surface area contributed by atoms with Gasteiger partial charge in [-0.3, -0.25) is 20.0 Å². The van der Waals surface area contributed by atoms with E-state index in [2.05, 4.69) is 25.5 Å². The van der Waals surface area contributed by atoms with Crippen LogP contribution in [0.15, 0.2) is 89.1 Å². The highest BCUT2D eigenvalue weighted by atomic mass is 32.2. The number of aldehydes is 1. The number of nitrogens with zero attached hydrogens (tertiary/aromatic N) is 6. The van der Waals surface area contributed by atoms with Crippen molar-refractivity contribution in [3.8, 4) is 0 Å². The molecule has 44 heavy (non-hydrogen) atoms. The Morgan fingerprint density at radius 2 is 1.68 bits per heavy atom. The number of aromatic amines is 2. The number of carbonyl (C=O) groups excluding carboxylic acids is 1. The van der Waals surface area contributed by atoms with Crippen LogP contribution in [-0.4, -0.2) is 62.9 Å². The van der Waals surface area contributed by atoms with Crippen LogP contribution >= 0.6 is 11.3 Å². The predicted octanol–water partition coefficient (Wildman–Crippen LogP) is 5.23. The Hall–Kier alpha value is -5.14. The summed E-state index contributed by atoms with van der Waals surface area (Å²) in [7, 11) is -0.346. The topological polar surface area (TPSA) is 142 Å². The summed E-state index contributed by atoms with van der Waals surface area (Å²) in [6.07, 6.45) is 5.83. The number of benzene rings is 3. The van der Waals surface area contributed by atoms with Crippen LogP contribution in [0.4, 0.5) is 0 Å². The maximum Gasteiger partial charge on any atom is 0.191 e. The van der Waals surface area contributed by atoms with Crippen molar-refractivity contribution in [2.45, 2.75) is 16.7 Å². The normalized spacial score (nSPS) is 13.0. The van der Waals surface area contributed by atoms with Gasteiger partial charge in [0.25, 0.3) is 0 Å². The number of aromatic nitrogens is 6. The molecule has 13 heteroatoms. The second kappa shape index (κ2) is 10.8. The van der Waals surface area contributed by atoms with Crippen LogP contribution in [0.5, 0.6) is 0 Å². The van der Waals surface area contributed by atoms with Crippen molar-refractivity contribution in [1.82, 2.24) is 35.0 Å². The number of carbonyl (C=O) groups is 1. The lowest BCUT2D eigenvalue weighted by Crippen LogP contribution is -2.15. The van der Waals surface area contributed by atoms with Gasteiger partial charge in [-0.25, -0.2) is 13.4 Å². The zero-order chi connectivity index (χ0) is 30.4. The first-order valence-electron chi connectivity index (χ1n) is 13.7. The first kappa shape index (κ1) is 27.7. The number of thiazole rings is 1. The Balaban J connectivity index is 1.33. The minimum absolute atomic E-state index is 0.189. The molecule has 0 aliphatic heterocycles. The monoisotopic (exact) mass is 622 g/mol. The molecule has 4 aromatic heterocycles. The minimum Gasteiger partial charge on any atom is -0.325 e. The van der Waals surface area contributed by atoms with Gasteiger partial charge in [-0.2, -0.15) is 15.3 Å². The fraction of sp³-hybridized carbons (Fsp3) is 0.129. The highest BCUT2D eigenvalue weighted by Gasteiger charge is 2.36. The molecule has 0 fully saturated rings. The van der Waals surface area contributed by atoms with E-state index in [0.717, 1.165) is 28.3 Å². The Kier molecular flexibility index (Phi) is 6.82. The molecular formula is C31H26N8O3S2. The zero-order valence-electron chi connectivity index (χ0n) is 23.7. The van der Waals surface area contributed by atoms with E-state index in [1.807, 2.05) is 31.3 Å². The van der Waals surface area contributed by atoms with E-state index < -0.39 is 15.1 Å². The molecule has 4 heterocycles. The summed E-state index contributed by atoms with van der Waals surface area (Å²) in [4.78, 5) is 17.3. The third-order valence-corrected chi connectivity index (χ3v) is 11.0. The molecule has 0 spiro atoms. The van der Waals surface area contributed by atoms with Gasteiger partial charge >= 0.3 is 0 Å². The molecule has 0 aliphatic carbocycles. The van der Waals surface area contributed by atoms with Crippen molar-refractivity contribution in [3.05, 3.63) is 107 Å². The third kappa shape index (κ3) is 4.57. The molecule has 0 saturated heterocycles. The number of hydrazone groups is 1. The Labute approximate surface area is 255 Å². The van der Waals surface area contributed by atoms with E-state index in [1.165, 1.54) is 11.3 Å². The number of rotatable bonds is 9. The van der Waals surface area contributed by atoms with E-state index in [9.17, 15) is 13.2 Å². The predicted molar refractivity (Wildman–Crippen MR) is 171 cm³/mol. The zero-order valence-corrected chi connectivity index (χ0v) is 25.3. The van der Waals surface area contributed by atoms with Crippen LogP contribution in [0, 0.1) is 0 Å². The van der Waals surface area contributed by atoms with E-state index in [-0.39, 0.29) is 4.90 Å². The van der Waals surface area contributed by atoms with Crippen LogP contribution in [0.1, 0.15) is 37.4 Å². The van der Waals surface area contributed by atoms with Crippen LogP contribution in [0.25, 0.3) is 32.2 Å². The summed E-state index contributed by atoms with van der Waals surface area (Å²) in [6, 6.07) is 19.8. The van der Waals surface area contributed by atoms with E-state index in [0.29, 0.717) is 44.1 Å². The average Bonchev–Trinajstić information content (AvgIpc) is 3.82. The number of hydrogen-bond donors (Lipinski definition) is 2. The maximum atomic E-state index is 14.3. The van der Waals surface area contributed by atoms with Gasteiger partial charge in [0.1, 0.15) is 10.3 Å². The fourth-order valence-corrected chi connectivity index (χ4v) is 8.84. The van der Waals surface area contributed by atoms with Crippen molar-refractivity contribution < 1.29 is 13.2 Å². The lowest BCUT2D eigenvalue weighted by Gasteiger charge is -2.17. The number of H-pyrrole nitrogens is 2. The molecule has 7 rings (SSSR count). The molecule has 11 nitrogen and oxygen atoms in total. The number of sulfone groups is 1. The smallest absolute Gasteiger partial charge is 0.191 e. The highest BCUT2D eigenvalue weighted by Crippen LogP contribution is 2.42. The Morgan fingerprint density at radius 1 is 0.977 bits per heavy atom. The van der Waals surface area contributed by atoms with Gasteiger partial charge in [-0.1, -0.05) is 42.5 Å². The van der Waals surface area contributed by atoms with Crippen LogP contribution in [0.3, 0.4) is 0 Å². The number of fused-ring (bicyclic) bond motifs is 3. The molecule has 0 amide bonds. The van der Waals surface area contributed by atoms with Crippen molar-refractivity contribution in [1.29, 1.82) is 0 Å². The summed E-state index contributed by atoms with van der Waals surface area (Å²) in [5.74, 6) is 0. The molecular weight excluding hydrogens is 597 g/mol. The molecule has 3 aromatic carbocycles. The lowest BCUT2D eigenvalue weighted by atomic mass is 10.1. The molecule has 1 unspecified atom stereocenters. The van der Waals surface area contributed by atoms with Gasteiger partial charge < -0.3 is 4.57 Å². The summed E-state index contributed by atoms with van der Waals surface area (Å²) in [5, 5.41) is 21.6. The highest BCUT2D eigenvalue weighted by molar-refractivity contribution is 7.92. The summed E-state index contributed by atoms with van der Waals surface area (Å²) >= 11 is 1.25. The number of nitrogens with one attached hydrogen (secondary N) is 2. The molecule has 0 saturated carbocycles. The van der Waals surface area contributed by atoms with Crippen molar-refractivity contribution in [2.24, 2.45) is 12.1 Å². The standard InChI is InChI=1S/C31H26N8O3S2/c1-38(17-19-8-6-12-25-22(19)14-32-36-25)34-16-24-27(18-40)39(2)30-28(24)43-31(35-30)29(44(41,42)20-9-4-3-5-10-20)21-11-7-13-26-23(21)15-33-37-26/h3-16,18,29H,17H2,1-2H3,(H,32,36)(H,33,37)/b34-16-. The summed E-state index contributed by atoms with van der Waals surface area (Å²) in [5.41, 5.74) is 4.77. The second-order valence-electron chi connectivity index (χ2n) is 10.4. The van der Waals surface area contributed by atoms with Crippen LogP contribution < -0.4 is 0 Å². The average molecular weight is 623 g/mol. The first-order valence-corrected chi connectivity index (χ1v) is 16.0. The van der Waals surface area contributed by atoms with Crippen LogP contribution in [-0.2, 0) is 23.4 Å². The lowest BCUT2D eigenvalue weighted by molar-refractivity contribution is 0.111. The molecule has 0 radical (unpaired) electrons. The van der Waals surface area contributed by atoms with Crippen molar-refractivity contribution in [2.75, 3.05) is 7.05 Å². The molecule has 1 atom stereocenters. The minimum atomic E-state index is -3.94. The van der Waals surface area contributed by atoms with E-state index >= 15 is 0 Å².